The number of hydrogen-bond acceptors (Lipinski definition) is 4. The van der Waals surface area contributed by atoms with E-state index < -0.39 is 5.97 Å². The van der Waals surface area contributed by atoms with E-state index in [0.29, 0.717) is 11.8 Å². The fraction of sp³-hybridized carbons (Fsp3) is 0.606. The van der Waals surface area contributed by atoms with E-state index >= 15 is 0 Å². The number of piperidine rings is 1. The average Bonchev–Trinajstić information content (AvgIpc) is 3.35. The molecule has 39 heavy (non-hydrogen) atoms. The molecular weight excluding hydrogens is 489 g/mol. The molecule has 2 aromatic rings. The van der Waals surface area contributed by atoms with E-state index in [4.69, 9.17) is 5.73 Å². The zero-order chi connectivity index (χ0) is 27.2. The van der Waals surface area contributed by atoms with E-state index in [1.165, 1.54) is 44.1 Å². The second-order valence-electron chi connectivity index (χ2n) is 12.4. The topological polar surface area (TPSA) is 69.8 Å². The Labute approximate surface area is 233 Å². The first-order chi connectivity index (χ1) is 19.0. The SMILES string of the molecule is Nc1ccc(CCCC2CCN(CC3CN([C@@H](C(=O)O)C4CCCCC4)C[C@@H]3c3ccccc3)CC2)cc1F. The molecule has 212 valence electrons. The zero-order valence-corrected chi connectivity index (χ0v) is 23.3. The summed E-state index contributed by atoms with van der Waals surface area (Å²) in [6.07, 6.45) is 11.3. The van der Waals surface area contributed by atoms with Crippen LogP contribution >= 0.6 is 0 Å². The summed E-state index contributed by atoms with van der Waals surface area (Å²) in [5.74, 6) is 0.911. The van der Waals surface area contributed by atoms with Crippen molar-refractivity contribution in [1.29, 1.82) is 0 Å². The molecule has 0 amide bonds. The molecule has 0 radical (unpaired) electrons. The summed E-state index contributed by atoms with van der Waals surface area (Å²) in [5.41, 5.74) is 8.21. The lowest BCUT2D eigenvalue weighted by atomic mass is 9.83. The number of halogens is 1. The molecule has 0 spiro atoms. The van der Waals surface area contributed by atoms with Crippen molar-refractivity contribution in [3.63, 3.8) is 0 Å². The number of carbonyl (C=O) groups is 1. The molecule has 1 unspecified atom stereocenters. The summed E-state index contributed by atoms with van der Waals surface area (Å²) in [6.45, 7) is 5.01. The molecule has 1 aliphatic carbocycles. The van der Waals surface area contributed by atoms with Crippen LogP contribution in [0.2, 0.25) is 0 Å². The summed E-state index contributed by atoms with van der Waals surface area (Å²) in [4.78, 5) is 17.5. The van der Waals surface area contributed by atoms with E-state index in [-0.39, 0.29) is 23.5 Å². The lowest BCUT2D eigenvalue weighted by Crippen LogP contribution is -2.46. The molecule has 5 nitrogen and oxygen atoms in total. The van der Waals surface area contributed by atoms with Gasteiger partial charge in [0.25, 0.3) is 0 Å². The van der Waals surface area contributed by atoms with Gasteiger partial charge in [-0.05, 0) is 92.6 Å². The van der Waals surface area contributed by atoms with Crippen LogP contribution in [-0.4, -0.2) is 59.6 Å². The highest BCUT2D eigenvalue weighted by Gasteiger charge is 2.43. The largest absolute Gasteiger partial charge is 0.480 e. The Kier molecular flexibility index (Phi) is 9.57. The molecule has 6 heteroatoms. The first-order valence-electron chi connectivity index (χ1n) is 15.3. The van der Waals surface area contributed by atoms with Crippen LogP contribution in [0.3, 0.4) is 0 Å². The van der Waals surface area contributed by atoms with Crippen molar-refractivity contribution < 1.29 is 14.3 Å². The van der Waals surface area contributed by atoms with Crippen LogP contribution in [0.1, 0.15) is 74.8 Å². The van der Waals surface area contributed by atoms with Crippen LogP contribution in [0.15, 0.2) is 48.5 Å². The molecular formula is C33H46FN3O2. The molecule has 3 aliphatic rings. The number of nitrogens with zero attached hydrogens (tertiary/aromatic N) is 2. The molecule has 2 heterocycles. The molecule has 0 aromatic heterocycles. The monoisotopic (exact) mass is 535 g/mol. The van der Waals surface area contributed by atoms with Crippen molar-refractivity contribution in [1.82, 2.24) is 9.80 Å². The van der Waals surface area contributed by atoms with Crippen molar-refractivity contribution in [2.24, 2.45) is 17.8 Å². The standard InChI is InChI=1S/C33H46FN3O2/c34-30-20-25(14-15-31(30)35)9-7-8-24-16-18-36(19-17-24)21-28-22-37(23-29(28)26-10-3-1-4-11-26)32(33(38)39)27-12-5-2-6-13-27/h1,3-4,10-11,14-15,20,24,27-29,32H,2,5-9,12-13,16-19,21-23,35H2,(H,38,39)/t28?,29-,32-/m1/s1. The summed E-state index contributed by atoms with van der Waals surface area (Å²) < 4.78 is 13.7. The summed E-state index contributed by atoms with van der Waals surface area (Å²) in [7, 11) is 0. The molecule has 3 fully saturated rings. The fourth-order valence-electron chi connectivity index (χ4n) is 7.61. The van der Waals surface area contributed by atoms with Gasteiger partial charge in [-0.15, -0.1) is 0 Å². The van der Waals surface area contributed by atoms with E-state index in [1.54, 1.807) is 12.1 Å². The number of carboxylic acid groups (broad SMARTS) is 1. The van der Waals surface area contributed by atoms with Crippen LogP contribution in [0, 0.1) is 23.6 Å². The fourth-order valence-corrected chi connectivity index (χ4v) is 7.61. The van der Waals surface area contributed by atoms with Gasteiger partial charge in [0.2, 0.25) is 0 Å². The molecule has 3 N–H and O–H groups in total. The van der Waals surface area contributed by atoms with E-state index in [9.17, 15) is 14.3 Å². The van der Waals surface area contributed by atoms with Crippen molar-refractivity contribution >= 4 is 11.7 Å². The van der Waals surface area contributed by atoms with E-state index in [2.05, 4.69) is 40.1 Å². The molecule has 1 saturated carbocycles. The minimum atomic E-state index is -0.628. The van der Waals surface area contributed by atoms with Gasteiger partial charge in [0.1, 0.15) is 11.9 Å². The van der Waals surface area contributed by atoms with Gasteiger partial charge in [-0.3, -0.25) is 9.69 Å². The number of hydrogen-bond donors (Lipinski definition) is 2. The van der Waals surface area contributed by atoms with Crippen LogP contribution in [-0.2, 0) is 11.2 Å². The Morgan fingerprint density at radius 2 is 1.74 bits per heavy atom. The average molecular weight is 536 g/mol. The smallest absolute Gasteiger partial charge is 0.321 e. The maximum Gasteiger partial charge on any atom is 0.321 e. The molecule has 2 saturated heterocycles. The minimum Gasteiger partial charge on any atom is -0.480 e. The van der Waals surface area contributed by atoms with Gasteiger partial charge in [0.15, 0.2) is 0 Å². The first-order valence-corrected chi connectivity index (χ1v) is 15.3. The number of anilines is 1. The summed E-state index contributed by atoms with van der Waals surface area (Å²) >= 11 is 0. The predicted molar refractivity (Wildman–Crippen MR) is 155 cm³/mol. The van der Waals surface area contributed by atoms with E-state index in [1.807, 2.05) is 6.07 Å². The Morgan fingerprint density at radius 3 is 2.44 bits per heavy atom. The van der Waals surface area contributed by atoms with E-state index in [0.717, 1.165) is 69.9 Å². The van der Waals surface area contributed by atoms with Crippen LogP contribution in [0.4, 0.5) is 10.1 Å². The number of benzene rings is 2. The van der Waals surface area contributed by atoms with Gasteiger partial charge in [-0.2, -0.15) is 0 Å². The number of likely N-dealkylation sites (tertiary alicyclic amines) is 2. The van der Waals surface area contributed by atoms with Gasteiger partial charge in [0.05, 0.1) is 5.69 Å². The highest BCUT2D eigenvalue weighted by molar-refractivity contribution is 5.74. The Morgan fingerprint density at radius 1 is 1.00 bits per heavy atom. The Hall–Kier alpha value is -2.44. The van der Waals surface area contributed by atoms with Gasteiger partial charge in [-0.25, -0.2) is 4.39 Å². The highest BCUT2D eigenvalue weighted by Crippen LogP contribution is 2.39. The van der Waals surface area contributed by atoms with Crippen LogP contribution < -0.4 is 5.73 Å². The van der Waals surface area contributed by atoms with Crippen molar-refractivity contribution in [2.45, 2.75) is 76.2 Å². The maximum absolute atomic E-state index is 13.7. The number of carboxylic acids is 1. The van der Waals surface area contributed by atoms with Gasteiger partial charge < -0.3 is 15.7 Å². The third-order valence-corrected chi connectivity index (χ3v) is 9.78. The number of aryl methyl sites for hydroxylation is 1. The van der Waals surface area contributed by atoms with Gasteiger partial charge in [-0.1, -0.05) is 62.1 Å². The summed E-state index contributed by atoms with van der Waals surface area (Å²) in [6, 6.07) is 15.6. The van der Waals surface area contributed by atoms with Gasteiger partial charge in [0, 0.05) is 25.6 Å². The lowest BCUT2D eigenvalue weighted by molar-refractivity contribution is -0.145. The van der Waals surface area contributed by atoms with Crippen LogP contribution in [0.25, 0.3) is 0 Å². The van der Waals surface area contributed by atoms with Gasteiger partial charge >= 0.3 is 5.97 Å². The quantitative estimate of drug-likeness (QED) is 0.355. The first kappa shape index (κ1) is 28.1. The third kappa shape index (κ3) is 7.20. The molecule has 2 aromatic carbocycles. The second kappa shape index (κ2) is 13.3. The summed E-state index contributed by atoms with van der Waals surface area (Å²) in [5, 5.41) is 10.3. The highest BCUT2D eigenvalue weighted by atomic mass is 19.1. The van der Waals surface area contributed by atoms with Crippen molar-refractivity contribution in [3.05, 3.63) is 65.5 Å². The number of aliphatic carboxylic acids is 1. The number of rotatable bonds is 10. The zero-order valence-electron chi connectivity index (χ0n) is 23.3. The predicted octanol–water partition coefficient (Wildman–Crippen LogP) is 6.19. The molecule has 0 bridgehead atoms. The molecule has 3 atom stereocenters. The Balaban J connectivity index is 1.16. The second-order valence-corrected chi connectivity index (χ2v) is 12.4. The minimum absolute atomic E-state index is 0.221. The number of nitrogens with two attached hydrogens (primary N) is 1. The normalized spacial score (nSPS) is 24.6. The number of nitrogen functional groups attached to an aromatic ring is 1. The van der Waals surface area contributed by atoms with Crippen molar-refractivity contribution in [2.75, 3.05) is 38.5 Å². The molecule has 2 aliphatic heterocycles. The lowest BCUT2D eigenvalue weighted by Gasteiger charge is -2.35. The Bertz CT molecular complexity index is 1070. The molecule has 5 rings (SSSR count). The maximum atomic E-state index is 13.7. The van der Waals surface area contributed by atoms with Crippen LogP contribution in [0.5, 0.6) is 0 Å². The third-order valence-electron chi connectivity index (χ3n) is 9.78. The van der Waals surface area contributed by atoms with Crippen molar-refractivity contribution in [3.8, 4) is 0 Å².